The van der Waals surface area contributed by atoms with Crippen LogP contribution in [0.4, 0.5) is 0 Å². The fourth-order valence-corrected chi connectivity index (χ4v) is 0.529. The monoisotopic (exact) mass is 153 g/mol. The normalized spacial score (nSPS) is 12.4. The Morgan fingerprint density at radius 2 is 2.09 bits per heavy atom. The van der Waals surface area contributed by atoms with Crippen LogP contribution in [-0.4, -0.2) is 6.54 Å². The van der Waals surface area contributed by atoms with E-state index < -0.39 is 0 Å². The zero-order chi connectivity index (χ0) is 8.91. The molecule has 0 aromatic heterocycles. The average molecular weight is 153 g/mol. The predicted octanol–water partition coefficient (Wildman–Crippen LogP) is 2.49. The van der Waals surface area contributed by atoms with Crippen LogP contribution in [0.5, 0.6) is 0 Å². The van der Waals surface area contributed by atoms with E-state index in [1.807, 2.05) is 6.08 Å². The van der Waals surface area contributed by atoms with Gasteiger partial charge < -0.3 is 5.73 Å². The Bertz CT molecular complexity index is 154. The summed E-state index contributed by atoms with van der Waals surface area (Å²) in [6.45, 7) is 10.9. The fraction of sp³-hybridized carbons (Fsp3) is 0.600. The van der Waals surface area contributed by atoms with E-state index in [0.717, 1.165) is 12.0 Å². The molecular weight excluding hydrogens is 134 g/mol. The first-order chi connectivity index (χ1) is 5.02. The van der Waals surface area contributed by atoms with Crippen molar-refractivity contribution >= 4 is 0 Å². The first-order valence-corrected chi connectivity index (χ1v) is 4.09. The van der Waals surface area contributed by atoms with Gasteiger partial charge >= 0.3 is 0 Å². The van der Waals surface area contributed by atoms with Crippen molar-refractivity contribution in [3.8, 4) is 0 Å². The highest BCUT2D eigenvalue weighted by molar-refractivity contribution is 5.17. The Labute approximate surface area is 70.0 Å². The highest BCUT2D eigenvalue weighted by Crippen LogP contribution is 2.21. The zero-order valence-corrected chi connectivity index (χ0v) is 7.85. The number of hydrogen-bond donors (Lipinski definition) is 1. The Morgan fingerprint density at radius 1 is 1.55 bits per heavy atom. The standard InChI is InChI=1S/C10H19N/c1-5-10(3,4)7-6-9(2)8-11/h6-7H,2,5,8,11H2,1,3-4H3/b7-6+. The van der Waals surface area contributed by atoms with Crippen molar-refractivity contribution in [1.29, 1.82) is 0 Å². The molecule has 0 spiro atoms. The van der Waals surface area contributed by atoms with Gasteiger partial charge in [0.15, 0.2) is 0 Å². The van der Waals surface area contributed by atoms with Gasteiger partial charge in [-0.25, -0.2) is 0 Å². The summed E-state index contributed by atoms with van der Waals surface area (Å²) in [6, 6.07) is 0. The molecule has 0 saturated carbocycles. The molecule has 0 rings (SSSR count). The maximum absolute atomic E-state index is 5.39. The van der Waals surface area contributed by atoms with Crippen LogP contribution in [0.25, 0.3) is 0 Å². The fourth-order valence-electron chi connectivity index (χ4n) is 0.529. The average Bonchev–Trinajstić information content (AvgIpc) is 2.00. The van der Waals surface area contributed by atoms with Crippen LogP contribution in [-0.2, 0) is 0 Å². The van der Waals surface area contributed by atoms with E-state index >= 15 is 0 Å². The summed E-state index contributed by atoms with van der Waals surface area (Å²) in [5, 5.41) is 0. The van der Waals surface area contributed by atoms with Gasteiger partial charge in [-0.15, -0.1) is 0 Å². The van der Waals surface area contributed by atoms with Gasteiger partial charge in [0.25, 0.3) is 0 Å². The lowest BCUT2D eigenvalue weighted by atomic mass is 9.89. The summed E-state index contributed by atoms with van der Waals surface area (Å²) in [7, 11) is 0. The van der Waals surface area contributed by atoms with Crippen LogP contribution in [0.1, 0.15) is 27.2 Å². The molecule has 2 N–H and O–H groups in total. The Kier molecular flexibility index (Phi) is 4.12. The molecule has 64 valence electrons. The lowest BCUT2D eigenvalue weighted by molar-refractivity contribution is 0.462. The van der Waals surface area contributed by atoms with Crippen molar-refractivity contribution in [2.75, 3.05) is 6.54 Å². The summed E-state index contributed by atoms with van der Waals surface area (Å²) in [6.07, 6.45) is 5.33. The number of rotatable bonds is 4. The lowest BCUT2D eigenvalue weighted by Gasteiger charge is -2.16. The molecule has 0 unspecified atom stereocenters. The van der Waals surface area contributed by atoms with E-state index in [1.165, 1.54) is 0 Å². The molecule has 0 aromatic rings. The second-order valence-corrected chi connectivity index (χ2v) is 3.54. The molecule has 11 heavy (non-hydrogen) atoms. The Balaban J connectivity index is 4.01. The van der Waals surface area contributed by atoms with Crippen molar-refractivity contribution in [3.05, 3.63) is 24.3 Å². The molecule has 0 atom stereocenters. The molecule has 0 radical (unpaired) electrons. The van der Waals surface area contributed by atoms with Crippen molar-refractivity contribution in [2.24, 2.45) is 11.1 Å². The van der Waals surface area contributed by atoms with Crippen LogP contribution in [0, 0.1) is 5.41 Å². The number of nitrogens with two attached hydrogens (primary N) is 1. The van der Waals surface area contributed by atoms with Crippen LogP contribution < -0.4 is 5.73 Å². The van der Waals surface area contributed by atoms with Crippen molar-refractivity contribution < 1.29 is 0 Å². The minimum Gasteiger partial charge on any atom is -0.327 e. The van der Waals surface area contributed by atoms with Crippen LogP contribution >= 0.6 is 0 Å². The summed E-state index contributed by atoms with van der Waals surface area (Å²) < 4.78 is 0. The minimum atomic E-state index is 0.276. The molecule has 0 bridgehead atoms. The molecule has 0 saturated heterocycles. The van der Waals surface area contributed by atoms with E-state index in [-0.39, 0.29) is 5.41 Å². The van der Waals surface area contributed by atoms with Crippen LogP contribution in [0.3, 0.4) is 0 Å². The lowest BCUT2D eigenvalue weighted by Crippen LogP contribution is -2.06. The third-order valence-corrected chi connectivity index (χ3v) is 1.94. The molecule has 0 heterocycles. The van der Waals surface area contributed by atoms with E-state index in [4.69, 9.17) is 5.73 Å². The number of allylic oxidation sites excluding steroid dienone is 1. The number of hydrogen-bond acceptors (Lipinski definition) is 1. The molecule has 0 aliphatic heterocycles. The van der Waals surface area contributed by atoms with Gasteiger partial charge in [0.05, 0.1) is 0 Å². The Hall–Kier alpha value is -0.560. The first kappa shape index (κ1) is 10.4. The molecule has 0 aromatic carbocycles. The van der Waals surface area contributed by atoms with Crippen molar-refractivity contribution in [2.45, 2.75) is 27.2 Å². The summed E-state index contributed by atoms with van der Waals surface area (Å²) in [4.78, 5) is 0. The van der Waals surface area contributed by atoms with Gasteiger partial charge in [-0.05, 0) is 17.4 Å². The van der Waals surface area contributed by atoms with E-state index in [9.17, 15) is 0 Å². The summed E-state index contributed by atoms with van der Waals surface area (Å²) in [5.74, 6) is 0. The molecule has 0 amide bonds. The second-order valence-electron chi connectivity index (χ2n) is 3.54. The zero-order valence-electron chi connectivity index (χ0n) is 7.85. The maximum Gasteiger partial charge on any atom is 0.0172 e. The predicted molar refractivity (Wildman–Crippen MR) is 51.4 cm³/mol. The van der Waals surface area contributed by atoms with E-state index in [1.54, 1.807) is 0 Å². The first-order valence-electron chi connectivity index (χ1n) is 4.09. The van der Waals surface area contributed by atoms with Crippen LogP contribution in [0.15, 0.2) is 24.3 Å². The topological polar surface area (TPSA) is 26.0 Å². The van der Waals surface area contributed by atoms with E-state index in [0.29, 0.717) is 6.54 Å². The smallest absolute Gasteiger partial charge is 0.0172 e. The third kappa shape index (κ3) is 4.79. The summed E-state index contributed by atoms with van der Waals surface area (Å²) in [5.41, 5.74) is 6.66. The molecular formula is C10H19N. The van der Waals surface area contributed by atoms with Gasteiger partial charge in [-0.3, -0.25) is 0 Å². The Morgan fingerprint density at radius 3 is 2.45 bits per heavy atom. The van der Waals surface area contributed by atoms with Gasteiger partial charge in [0.1, 0.15) is 0 Å². The molecule has 1 nitrogen and oxygen atoms in total. The highest BCUT2D eigenvalue weighted by Gasteiger charge is 2.08. The van der Waals surface area contributed by atoms with Gasteiger partial charge in [0.2, 0.25) is 0 Å². The van der Waals surface area contributed by atoms with Gasteiger partial charge in [-0.1, -0.05) is 39.5 Å². The SMILES string of the molecule is C=C(/C=C/C(C)(C)CC)CN. The second kappa shape index (κ2) is 4.35. The summed E-state index contributed by atoms with van der Waals surface area (Å²) >= 11 is 0. The third-order valence-electron chi connectivity index (χ3n) is 1.94. The molecule has 1 heteroatoms. The van der Waals surface area contributed by atoms with Gasteiger partial charge in [0, 0.05) is 6.54 Å². The van der Waals surface area contributed by atoms with Crippen LogP contribution in [0.2, 0.25) is 0 Å². The minimum absolute atomic E-state index is 0.276. The largest absolute Gasteiger partial charge is 0.327 e. The van der Waals surface area contributed by atoms with E-state index in [2.05, 4.69) is 33.4 Å². The molecule has 0 fully saturated rings. The van der Waals surface area contributed by atoms with Gasteiger partial charge in [-0.2, -0.15) is 0 Å². The maximum atomic E-state index is 5.39. The van der Waals surface area contributed by atoms with Crippen molar-refractivity contribution in [1.82, 2.24) is 0 Å². The molecule has 0 aliphatic carbocycles. The van der Waals surface area contributed by atoms with Crippen molar-refractivity contribution in [3.63, 3.8) is 0 Å². The molecule has 0 aliphatic rings. The highest BCUT2D eigenvalue weighted by atomic mass is 14.5. The quantitative estimate of drug-likeness (QED) is 0.617.